The molecule has 9 heteroatoms. The Morgan fingerprint density at radius 2 is 1.76 bits per heavy atom. The van der Waals surface area contributed by atoms with Crippen molar-refractivity contribution in [3.63, 3.8) is 0 Å². The van der Waals surface area contributed by atoms with Gasteiger partial charge < -0.3 is 9.47 Å². The highest BCUT2D eigenvalue weighted by molar-refractivity contribution is 7.87. The van der Waals surface area contributed by atoms with Crippen LogP contribution >= 0.6 is 0 Å². The standard InChI is InChI=1S/C8H13F3O5S/c1-7(2)14-3-6(4-15-7)5-16-17(12,13)8(9,10)11/h6H,3-5H2,1-2H3. The van der Waals surface area contributed by atoms with E-state index in [4.69, 9.17) is 9.47 Å². The molecule has 1 aliphatic rings. The monoisotopic (exact) mass is 278 g/mol. The Labute approximate surface area is 97.0 Å². The molecule has 0 aliphatic carbocycles. The molecule has 1 rings (SSSR count). The molecule has 0 unspecified atom stereocenters. The van der Waals surface area contributed by atoms with Gasteiger partial charge >= 0.3 is 15.6 Å². The van der Waals surface area contributed by atoms with E-state index in [9.17, 15) is 21.6 Å². The van der Waals surface area contributed by atoms with Crippen molar-refractivity contribution in [3.05, 3.63) is 0 Å². The fraction of sp³-hybridized carbons (Fsp3) is 1.00. The van der Waals surface area contributed by atoms with Crippen LogP contribution < -0.4 is 0 Å². The minimum absolute atomic E-state index is 0.0837. The molecule has 0 atom stereocenters. The van der Waals surface area contributed by atoms with Crippen LogP contribution in [0.15, 0.2) is 0 Å². The van der Waals surface area contributed by atoms with Crippen molar-refractivity contribution in [2.45, 2.75) is 25.1 Å². The Morgan fingerprint density at radius 3 is 2.18 bits per heavy atom. The Morgan fingerprint density at radius 1 is 1.29 bits per heavy atom. The van der Waals surface area contributed by atoms with Gasteiger partial charge in [-0.2, -0.15) is 21.6 Å². The highest BCUT2D eigenvalue weighted by atomic mass is 32.2. The number of rotatable bonds is 3. The van der Waals surface area contributed by atoms with Gasteiger partial charge in [-0.15, -0.1) is 0 Å². The number of hydrogen-bond donors (Lipinski definition) is 0. The largest absolute Gasteiger partial charge is 0.523 e. The predicted octanol–water partition coefficient (Wildman–Crippen LogP) is 1.25. The van der Waals surface area contributed by atoms with Crippen LogP contribution in [0.25, 0.3) is 0 Å². The normalized spacial score (nSPS) is 22.6. The first-order chi connectivity index (χ1) is 7.54. The van der Waals surface area contributed by atoms with Crippen molar-refractivity contribution in [3.8, 4) is 0 Å². The van der Waals surface area contributed by atoms with E-state index in [0.717, 1.165) is 0 Å². The molecule has 0 aromatic carbocycles. The van der Waals surface area contributed by atoms with Crippen molar-refractivity contribution < 1.29 is 35.2 Å². The summed E-state index contributed by atoms with van der Waals surface area (Å²) in [5.41, 5.74) is -5.40. The maximum atomic E-state index is 11.9. The molecule has 0 aromatic rings. The van der Waals surface area contributed by atoms with Crippen LogP contribution in [0, 0.1) is 5.92 Å². The van der Waals surface area contributed by atoms with Crippen molar-refractivity contribution in [1.82, 2.24) is 0 Å². The number of ether oxygens (including phenoxy) is 2. The van der Waals surface area contributed by atoms with Crippen LogP contribution in [0.4, 0.5) is 13.2 Å². The van der Waals surface area contributed by atoms with Crippen molar-refractivity contribution >= 4 is 10.1 Å². The highest BCUT2D eigenvalue weighted by Crippen LogP contribution is 2.26. The van der Waals surface area contributed by atoms with E-state index in [1.165, 1.54) is 0 Å². The summed E-state index contributed by atoms with van der Waals surface area (Å²) in [5, 5.41) is 0. The van der Waals surface area contributed by atoms with Gasteiger partial charge in [-0.05, 0) is 13.8 Å². The van der Waals surface area contributed by atoms with E-state index in [0.29, 0.717) is 0 Å². The minimum Gasteiger partial charge on any atom is -0.350 e. The maximum absolute atomic E-state index is 11.9. The molecule has 0 aromatic heterocycles. The summed E-state index contributed by atoms with van der Waals surface area (Å²) in [6, 6.07) is 0. The number of halogens is 3. The lowest BCUT2D eigenvalue weighted by molar-refractivity contribution is -0.264. The summed E-state index contributed by atoms with van der Waals surface area (Å²) in [7, 11) is -5.54. The van der Waals surface area contributed by atoms with Gasteiger partial charge in [0, 0.05) is 5.92 Å². The van der Waals surface area contributed by atoms with Gasteiger partial charge in [-0.1, -0.05) is 0 Å². The molecule has 1 fully saturated rings. The molecule has 5 nitrogen and oxygen atoms in total. The first-order valence-electron chi connectivity index (χ1n) is 4.77. The van der Waals surface area contributed by atoms with Crippen LogP contribution in [-0.2, 0) is 23.8 Å². The average molecular weight is 278 g/mol. The van der Waals surface area contributed by atoms with E-state index in [1.807, 2.05) is 0 Å². The molecule has 0 amide bonds. The fourth-order valence-electron chi connectivity index (χ4n) is 1.08. The van der Waals surface area contributed by atoms with Gasteiger partial charge in [0.15, 0.2) is 5.79 Å². The highest BCUT2D eigenvalue weighted by Gasteiger charge is 2.47. The predicted molar refractivity (Wildman–Crippen MR) is 50.4 cm³/mol. The number of hydrogen-bond acceptors (Lipinski definition) is 5. The molecule has 0 spiro atoms. The van der Waals surface area contributed by atoms with Crippen molar-refractivity contribution in [2.75, 3.05) is 19.8 Å². The Kier molecular flexibility index (Phi) is 4.07. The van der Waals surface area contributed by atoms with Gasteiger partial charge in [0.2, 0.25) is 0 Å². The summed E-state index contributed by atoms with van der Waals surface area (Å²) in [4.78, 5) is 0. The summed E-state index contributed by atoms with van der Waals surface area (Å²) in [6.45, 7) is 2.85. The molecule has 0 N–H and O–H groups in total. The zero-order chi connectivity index (χ0) is 13.3. The van der Waals surface area contributed by atoms with Gasteiger partial charge in [0.1, 0.15) is 0 Å². The first kappa shape index (κ1) is 14.7. The van der Waals surface area contributed by atoms with Gasteiger partial charge in [0.05, 0.1) is 19.8 Å². The van der Waals surface area contributed by atoms with Crippen LogP contribution in [0.5, 0.6) is 0 Å². The summed E-state index contributed by atoms with van der Waals surface area (Å²) in [6.07, 6.45) is 0. The Bertz CT molecular complexity index is 352. The molecular formula is C8H13F3O5S. The average Bonchev–Trinajstić information content (AvgIpc) is 2.14. The molecular weight excluding hydrogens is 265 g/mol. The topological polar surface area (TPSA) is 61.8 Å². The van der Waals surface area contributed by atoms with E-state index >= 15 is 0 Å². The van der Waals surface area contributed by atoms with E-state index < -0.39 is 33.9 Å². The smallest absolute Gasteiger partial charge is 0.350 e. The van der Waals surface area contributed by atoms with Crippen LogP contribution in [0.3, 0.4) is 0 Å². The Balaban J connectivity index is 2.44. The summed E-state index contributed by atoms with van der Waals surface area (Å²) >= 11 is 0. The Hall–Kier alpha value is -0.380. The van der Waals surface area contributed by atoms with Crippen molar-refractivity contribution in [1.29, 1.82) is 0 Å². The van der Waals surface area contributed by atoms with E-state index in [1.54, 1.807) is 13.8 Å². The molecule has 17 heavy (non-hydrogen) atoms. The van der Waals surface area contributed by atoms with Crippen molar-refractivity contribution in [2.24, 2.45) is 5.92 Å². The summed E-state index contributed by atoms with van der Waals surface area (Å²) in [5.74, 6) is -1.35. The molecule has 102 valence electrons. The maximum Gasteiger partial charge on any atom is 0.523 e. The van der Waals surface area contributed by atoms with Gasteiger partial charge in [-0.25, -0.2) is 0 Å². The third-order valence-electron chi connectivity index (χ3n) is 2.08. The molecule has 0 radical (unpaired) electrons. The molecule has 0 bridgehead atoms. The minimum atomic E-state index is -5.54. The second-order valence-electron chi connectivity index (χ2n) is 4.07. The first-order valence-corrected chi connectivity index (χ1v) is 6.18. The van der Waals surface area contributed by atoms with E-state index in [-0.39, 0.29) is 13.2 Å². The second kappa shape index (κ2) is 4.71. The second-order valence-corrected chi connectivity index (χ2v) is 5.68. The third kappa shape index (κ3) is 4.09. The third-order valence-corrected chi connectivity index (χ3v) is 3.09. The quantitative estimate of drug-likeness (QED) is 0.574. The SMILES string of the molecule is CC1(C)OCC(COS(=O)(=O)C(F)(F)F)CO1. The van der Waals surface area contributed by atoms with Crippen LogP contribution in [0.1, 0.15) is 13.8 Å². The van der Waals surface area contributed by atoms with Crippen LogP contribution in [0.2, 0.25) is 0 Å². The van der Waals surface area contributed by atoms with Gasteiger partial charge in [-0.3, -0.25) is 4.18 Å². The molecule has 1 saturated heterocycles. The lowest BCUT2D eigenvalue weighted by Gasteiger charge is -2.34. The number of alkyl halides is 3. The molecule has 0 saturated carbocycles. The lowest BCUT2D eigenvalue weighted by atomic mass is 10.1. The van der Waals surface area contributed by atoms with Crippen LogP contribution in [-0.4, -0.2) is 39.5 Å². The molecule has 1 heterocycles. The zero-order valence-corrected chi connectivity index (χ0v) is 10.1. The fourth-order valence-corrected chi connectivity index (χ4v) is 1.58. The lowest BCUT2D eigenvalue weighted by Crippen LogP contribution is -2.41. The zero-order valence-electron chi connectivity index (χ0n) is 9.28. The van der Waals surface area contributed by atoms with Gasteiger partial charge in [0.25, 0.3) is 0 Å². The summed E-state index contributed by atoms with van der Waals surface area (Å²) < 4.78 is 71.2. The molecule has 1 aliphatic heterocycles. The van der Waals surface area contributed by atoms with E-state index in [2.05, 4.69) is 4.18 Å².